The molecule has 0 aromatic carbocycles. The van der Waals surface area contributed by atoms with Gasteiger partial charge in [-0.2, -0.15) is 0 Å². The van der Waals surface area contributed by atoms with Gasteiger partial charge in [-0.15, -0.1) is 11.3 Å². The van der Waals surface area contributed by atoms with Crippen molar-refractivity contribution < 1.29 is 5.11 Å². The summed E-state index contributed by atoms with van der Waals surface area (Å²) in [6.07, 6.45) is 4.82. The van der Waals surface area contributed by atoms with Gasteiger partial charge in [0.2, 0.25) is 0 Å². The Labute approximate surface area is 95.4 Å². The molecule has 1 aliphatic carbocycles. The molecule has 3 atom stereocenters. The van der Waals surface area contributed by atoms with Crippen molar-refractivity contribution >= 4 is 11.3 Å². The molecule has 1 fully saturated rings. The maximum absolute atomic E-state index is 9.43. The molecule has 0 saturated heterocycles. The minimum atomic E-state index is -0.420. The molecule has 1 N–H and O–H groups in total. The van der Waals surface area contributed by atoms with E-state index in [0.29, 0.717) is 5.92 Å². The first-order valence-electron chi connectivity index (χ1n) is 5.80. The van der Waals surface area contributed by atoms with Gasteiger partial charge in [0.15, 0.2) is 0 Å². The van der Waals surface area contributed by atoms with Crippen molar-refractivity contribution in [1.29, 1.82) is 0 Å². The highest BCUT2D eigenvalue weighted by Crippen LogP contribution is 2.37. The summed E-state index contributed by atoms with van der Waals surface area (Å²) < 4.78 is 0. The number of aliphatic hydroxyl groups is 1. The molecule has 0 bridgehead atoms. The zero-order valence-corrected chi connectivity index (χ0v) is 10.3. The molecule has 1 aromatic heterocycles. The standard InChI is InChI=1S/C12H19NOS/c1-8-4-3-5-10(6-8)12-13-11(7-15-12)9(2)14/h7-10,14H,3-6H2,1-2H3. The van der Waals surface area contributed by atoms with Crippen LogP contribution in [0.15, 0.2) is 5.38 Å². The second-order valence-corrected chi connectivity index (χ2v) is 5.64. The van der Waals surface area contributed by atoms with Crippen LogP contribution in [0, 0.1) is 5.92 Å². The van der Waals surface area contributed by atoms with Gasteiger partial charge in [-0.05, 0) is 25.7 Å². The summed E-state index contributed by atoms with van der Waals surface area (Å²) >= 11 is 1.72. The third-order valence-corrected chi connectivity index (χ3v) is 4.28. The Kier molecular flexibility index (Phi) is 3.42. The first-order valence-corrected chi connectivity index (χ1v) is 6.68. The lowest BCUT2D eigenvalue weighted by Gasteiger charge is -2.24. The number of nitrogens with zero attached hydrogens (tertiary/aromatic N) is 1. The smallest absolute Gasteiger partial charge is 0.0960 e. The molecule has 2 nitrogen and oxygen atoms in total. The molecular formula is C12H19NOS. The van der Waals surface area contributed by atoms with E-state index in [4.69, 9.17) is 0 Å². The Morgan fingerprint density at radius 1 is 1.53 bits per heavy atom. The minimum Gasteiger partial charge on any atom is -0.387 e. The summed E-state index contributed by atoms with van der Waals surface area (Å²) in [5.41, 5.74) is 0.841. The van der Waals surface area contributed by atoms with E-state index in [9.17, 15) is 5.11 Å². The number of aromatic nitrogens is 1. The average molecular weight is 225 g/mol. The number of rotatable bonds is 2. The van der Waals surface area contributed by atoms with Crippen molar-refractivity contribution in [2.75, 3.05) is 0 Å². The van der Waals surface area contributed by atoms with Gasteiger partial charge >= 0.3 is 0 Å². The van der Waals surface area contributed by atoms with Crippen LogP contribution < -0.4 is 0 Å². The minimum absolute atomic E-state index is 0.420. The van der Waals surface area contributed by atoms with Crippen molar-refractivity contribution in [2.45, 2.75) is 51.6 Å². The van der Waals surface area contributed by atoms with Crippen LogP contribution in [0.25, 0.3) is 0 Å². The fraction of sp³-hybridized carbons (Fsp3) is 0.750. The van der Waals surface area contributed by atoms with Crippen LogP contribution in [0.3, 0.4) is 0 Å². The predicted molar refractivity (Wildman–Crippen MR) is 63.1 cm³/mol. The quantitative estimate of drug-likeness (QED) is 0.835. The molecule has 2 rings (SSSR count). The van der Waals surface area contributed by atoms with E-state index >= 15 is 0 Å². The normalized spacial score (nSPS) is 29.0. The van der Waals surface area contributed by atoms with Crippen molar-refractivity contribution in [3.63, 3.8) is 0 Å². The summed E-state index contributed by atoms with van der Waals surface area (Å²) in [7, 11) is 0. The van der Waals surface area contributed by atoms with Gasteiger partial charge in [0.25, 0.3) is 0 Å². The van der Waals surface area contributed by atoms with Crippen LogP contribution in [-0.4, -0.2) is 10.1 Å². The van der Waals surface area contributed by atoms with E-state index in [1.165, 1.54) is 30.7 Å². The number of aliphatic hydroxyl groups excluding tert-OH is 1. The van der Waals surface area contributed by atoms with E-state index in [1.54, 1.807) is 18.3 Å². The van der Waals surface area contributed by atoms with Crippen molar-refractivity contribution in [1.82, 2.24) is 4.98 Å². The second-order valence-electron chi connectivity index (χ2n) is 4.76. The monoisotopic (exact) mass is 225 g/mol. The molecule has 1 aromatic rings. The van der Waals surface area contributed by atoms with Gasteiger partial charge in [0, 0.05) is 11.3 Å². The van der Waals surface area contributed by atoms with Gasteiger partial charge in [-0.1, -0.05) is 19.8 Å². The van der Waals surface area contributed by atoms with Gasteiger partial charge in [-0.25, -0.2) is 4.98 Å². The van der Waals surface area contributed by atoms with Crippen LogP contribution >= 0.6 is 11.3 Å². The fourth-order valence-corrected chi connectivity index (χ4v) is 3.39. The maximum atomic E-state index is 9.43. The van der Waals surface area contributed by atoms with E-state index < -0.39 is 6.10 Å². The molecule has 0 amide bonds. The van der Waals surface area contributed by atoms with E-state index in [2.05, 4.69) is 11.9 Å². The summed E-state index contributed by atoms with van der Waals surface area (Å²) in [6.45, 7) is 4.11. The van der Waals surface area contributed by atoms with E-state index in [-0.39, 0.29) is 0 Å². The van der Waals surface area contributed by atoms with Crippen molar-refractivity contribution in [2.24, 2.45) is 5.92 Å². The molecule has 1 aliphatic rings. The van der Waals surface area contributed by atoms with Gasteiger partial charge in [0.1, 0.15) is 0 Å². The molecule has 3 unspecified atom stereocenters. The highest BCUT2D eigenvalue weighted by molar-refractivity contribution is 7.09. The van der Waals surface area contributed by atoms with Crippen molar-refractivity contribution in [3.05, 3.63) is 16.1 Å². The van der Waals surface area contributed by atoms with Gasteiger partial charge in [0.05, 0.1) is 16.8 Å². The van der Waals surface area contributed by atoms with Crippen LogP contribution in [-0.2, 0) is 0 Å². The second kappa shape index (κ2) is 4.62. The zero-order chi connectivity index (χ0) is 10.8. The molecule has 15 heavy (non-hydrogen) atoms. The summed E-state index contributed by atoms with van der Waals surface area (Å²) in [5, 5.41) is 12.7. The lowest BCUT2D eigenvalue weighted by Crippen LogP contribution is -2.11. The molecule has 0 radical (unpaired) electrons. The first kappa shape index (κ1) is 11.1. The SMILES string of the molecule is CC1CCCC(c2nc(C(C)O)cs2)C1. The summed E-state index contributed by atoms with van der Waals surface area (Å²) in [5.74, 6) is 1.48. The molecule has 0 spiro atoms. The maximum Gasteiger partial charge on any atom is 0.0960 e. The Morgan fingerprint density at radius 2 is 2.33 bits per heavy atom. The third-order valence-electron chi connectivity index (χ3n) is 3.25. The lowest BCUT2D eigenvalue weighted by molar-refractivity contribution is 0.194. The van der Waals surface area contributed by atoms with Gasteiger partial charge < -0.3 is 5.11 Å². The Bertz CT molecular complexity index is 321. The molecule has 3 heteroatoms. The highest BCUT2D eigenvalue weighted by atomic mass is 32.1. The zero-order valence-electron chi connectivity index (χ0n) is 9.44. The highest BCUT2D eigenvalue weighted by Gasteiger charge is 2.23. The Hall–Kier alpha value is -0.410. The summed E-state index contributed by atoms with van der Waals surface area (Å²) in [6, 6.07) is 0. The van der Waals surface area contributed by atoms with Crippen molar-refractivity contribution in [3.8, 4) is 0 Å². The molecule has 0 aliphatic heterocycles. The number of hydrogen-bond donors (Lipinski definition) is 1. The number of thiazole rings is 1. The third kappa shape index (κ3) is 2.58. The molecule has 1 heterocycles. The van der Waals surface area contributed by atoms with Crippen LogP contribution in [0.4, 0.5) is 0 Å². The van der Waals surface area contributed by atoms with E-state index in [1.807, 2.05) is 5.38 Å². The molecule has 84 valence electrons. The summed E-state index contributed by atoms with van der Waals surface area (Å²) in [4.78, 5) is 4.54. The Morgan fingerprint density at radius 3 is 2.93 bits per heavy atom. The van der Waals surface area contributed by atoms with E-state index in [0.717, 1.165) is 11.6 Å². The Balaban J connectivity index is 2.08. The van der Waals surface area contributed by atoms with Crippen LogP contribution in [0.1, 0.15) is 62.3 Å². The van der Waals surface area contributed by atoms with Gasteiger partial charge in [-0.3, -0.25) is 0 Å². The first-order chi connectivity index (χ1) is 7.16. The van der Waals surface area contributed by atoms with Crippen LogP contribution in [0.5, 0.6) is 0 Å². The number of hydrogen-bond acceptors (Lipinski definition) is 3. The fourth-order valence-electron chi connectivity index (χ4n) is 2.34. The largest absolute Gasteiger partial charge is 0.387 e. The lowest BCUT2D eigenvalue weighted by atomic mass is 9.83. The average Bonchev–Trinajstić information content (AvgIpc) is 2.66. The molecule has 1 saturated carbocycles. The predicted octanol–water partition coefficient (Wildman–Crippen LogP) is 3.49. The topological polar surface area (TPSA) is 33.1 Å². The molecular weight excluding hydrogens is 206 g/mol. The van der Waals surface area contributed by atoms with Crippen LogP contribution in [0.2, 0.25) is 0 Å².